The number of hydrogen-bond acceptors (Lipinski definition) is 5. The van der Waals surface area contributed by atoms with Gasteiger partial charge in [0, 0.05) is 35.3 Å². The summed E-state index contributed by atoms with van der Waals surface area (Å²) in [6, 6.07) is 10.3. The van der Waals surface area contributed by atoms with Crippen LogP contribution in [0.2, 0.25) is 0 Å². The van der Waals surface area contributed by atoms with E-state index >= 15 is 0 Å². The van der Waals surface area contributed by atoms with Crippen molar-refractivity contribution < 1.29 is 18.0 Å². The molecule has 0 bridgehead atoms. The summed E-state index contributed by atoms with van der Waals surface area (Å²) < 4.78 is 27.3. The summed E-state index contributed by atoms with van der Waals surface area (Å²) in [4.78, 5) is 25.0. The average Bonchev–Trinajstić information content (AvgIpc) is 3.48. The van der Waals surface area contributed by atoms with Crippen LogP contribution in [-0.2, 0) is 26.0 Å². The molecule has 2 heterocycles. The lowest BCUT2D eigenvalue weighted by atomic mass is 10.2. The maximum absolute atomic E-state index is 12.8. The summed E-state index contributed by atoms with van der Waals surface area (Å²) in [7, 11) is -3.48. The molecule has 4 rings (SSSR count). The molecular formula is C21H25N3O4S2. The number of anilines is 2. The first kappa shape index (κ1) is 21.0. The fourth-order valence-electron chi connectivity index (χ4n) is 3.45. The predicted molar refractivity (Wildman–Crippen MR) is 117 cm³/mol. The molecule has 7 nitrogen and oxygen atoms in total. The van der Waals surface area contributed by atoms with Gasteiger partial charge in [0.25, 0.3) is 10.0 Å². The van der Waals surface area contributed by atoms with Gasteiger partial charge in [-0.2, -0.15) is 4.31 Å². The molecule has 2 aliphatic rings. The van der Waals surface area contributed by atoms with E-state index in [9.17, 15) is 18.0 Å². The van der Waals surface area contributed by atoms with E-state index in [1.165, 1.54) is 4.31 Å². The van der Waals surface area contributed by atoms with Crippen molar-refractivity contribution in [2.75, 3.05) is 23.7 Å². The first-order valence-electron chi connectivity index (χ1n) is 10.2. The van der Waals surface area contributed by atoms with Crippen LogP contribution in [0.1, 0.15) is 37.0 Å². The molecule has 160 valence electrons. The Kier molecular flexibility index (Phi) is 6.21. The molecule has 0 radical (unpaired) electrons. The second-order valence-electron chi connectivity index (χ2n) is 7.75. The van der Waals surface area contributed by atoms with E-state index in [0.717, 1.165) is 43.4 Å². The lowest BCUT2D eigenvalue weighted by Gasteiger charge is -2.25. The van der Waals surface area contributed by atoms with Crippen molar-refractivity contribution in [1.29, 1.82) is 0 Å². The van der Waals surface area contributed by atoms with Gasteiger partial charge in [-0.15, -0.1) is 11.3 Å². The van der Waals surface area contributed by atoms with Crippen molar-refractivity contribution in [3.63, 3.8) is 0 Å². The van der Waals surface area contributed by atoms with Crippen LogP contribution in [-0.4, -0.2) is 37.6 Å². The molecule has 0 spiro atoms. The van der Waals surface area contributed by atoms with Gasteiger partial charge in [0.15, 0.2) is 0 Å². The zero-order valence-electron chi connectivity index (χ0n) is 16.6. The van der Waals surface area contributed by atoms with Gasteiger partial charge in [-0.05, 0) is 56.0 Å². The van der Waals surface area contributed by atoms with Crippen molar-refractivity contribution in [3.8, 4) is 0 Å². The standard InChI is InChI=1S/C21H25N3O4S2/c25-19(22-16-5-4-6-17(13-16)23-21(26)15-7-8-15)14-18-9-10-20(29-18)30(27,28)24-11-2-1-3-12-24/h4-6,9-10,13,15H,1-3,7-8,11-12,14H2,(H,22,25)(H,23,26). The van der Waals surface area contributed by atoms with E-state index in [-0.39, 0.29) is 28.4 Å². The maximum Gasteiger partial charge on any atom is 0.252 e. The Morgan fingerprint density at radius 3 is 2.40 bits per heavy atom. The van der Waals surface area contributed by atoms with Crippen LogP contribution < -0.4 is 10.6 Å². The van der Waals surface area contributed by atoms with Gasteiger partial charge in [-0.25, -0.2) is 8.42 Å². The fourth-order valence-corrected chi connectivity index (χ4v) is 6.48. The molecule has 9 heteroatoms. The Balaban J connectivity index is 1.36. The number of nitrogens with zero attached hydrogens (tertiary/aromatic N) is 1. The zero-order valence-corrected chi connectivity index (χ0v) is 18.2. The van der Waals surface area contributed by atoms with Crippen LogP contribution in [0.4, 0.5) is 11.4 Å². The van der Waals surface area contributed by atoms with E-state index in [4.69, 9.17) is 0 Å². The SMILES string of the molecule is O=C(Cc1ccc(S(=O)(=O)N2CCCCC2)s1)Nc1cccc(NC(=O)C2CC2)c1. The molecule has 1 aliphatic carbocycles. The minimum absolute atomic E-state index is 0.0134. The van der Waals surface area contributed by atoms with E-state index in [1.807, 2.05) is 0 Å². The van der Waals surface area contributed by atoms with Gasteiger partial charge in [0.2, 0.25) is 11.8 Å². The van der Waals surface area contributed by atoms with Gasteiger partial charge in [-0.1, -0.05) is 12.5 Å². The Labute approximate surface area is 180 Å². The largest absolute Gasteiger partial charge is 0.326 e. The Hall–Kier alpha value is -2.23. The number of sulfonamides is 1. The third-order valence-electron chi connectivity index (χ3n) is 5.24. The summed E-state index contributed by atoms with van der Waals surface area (Å²) >= 11 is 1.15. The van der Waals surface area contributed by atoms with E-state index in [2.05, 4.69) is 10.6 Å². The number of hydrogen-bond donors (Lipinski definition) is 2. The van der Waals surface area contributed by atoms with Crippen molar-refractivity contribution >= 4 is 44.5 Å². The average molecular weight is 448 g/mol. The second kappa shape index (κ2) is 8.87. The molecule has 2 amide bonds. The van der Waals surface area contributed by atoms with E-state index in [1.54, 1.807) is 36.4 Å². The molecule has 1 aromatic heterocycles. The molecule has 1 aromatic carbocycles. The third kappa shape index (κ3) is 5.08. The minimum Gasteiger partial charge on any atom is -0.326 e. The molecule has 1 aliphatic heterocycles. The van der Waals surface area contributed by atoms with Crippen molar-refractivity contribution in [1.82, 2.24) is 4.31 Å². The summed E-state index contributed by atoms with van der Waals surface area (Å²) in [5.41, 5.74) is 1.24. The monoisotopic (exact) mass is 447 g/mol. The van der Waals surface area contributed by atoms with Crippen molar-refractivity contribution in [2.24, 2.45) is 5.92 Å². The Morgan fingerprint density at radius 1 is 1.00 bits per heavy atom. The summed E-state index contributed by atoms with van der Waals surface area (Å²) in [6.07, 6.45) is 4.80. The van der Waals surface area contributed by atoms with Crippen LogP contribution in [0.15, 0.2) is 40.6 Å². The number of thiophene rings is 1. The van der Waals surface area contributed by atoms with Crippen LogP contribution >= 0.6 is 11.3 Å². The quantitative estimate of drug-likeness (QED) is 0.680. The molecular weight excluding hydrogens is 422 g/mol. The Morgan fingerprint density at radius 2 is 1.70 bits per heavy atom. The molecule has 0 atom stereocenters. The minimum atomic E-state index is -3.48. The summed E-state index contributed by atoms with van der Waals surface area (Å²) in [6.45, 7) is 1.12. The predicted octanol–water partition coefficient (Wildman–Crippen LogP) is 3.45. The summed E-state index contributed by atoms with van der Waals surface area (Å²) in [5.74, 6) is -0.110. The van der Waals surface area contributed by atoms with Gasteiger partial charge < -0.3 is 10.6 Å². The normalized spacial score (nSPS) is 17.5. The van der Waals surface area contributed by atoms with Gasteiger partial charge in [-0.3, -0.25) is 9.59 Å². The van der Waals surface area contributed by atoms with Crippen molar-refractivity contribution in [3.05, 3.63) is 41.3 Å². The van der Waals surface area contributed by atoms with Crippen LogP contribution in [0.3, 0.4) is 0 Å². The number of benzene rings is 1. The van der Waals surface area contributed by atoms with Gasteiger partial charge >= 0.3 is 0 Å². The van der Waals surface area contributed by atoms with Crippen molar-refractivity contribution in [2.45, 2.75) is 42.7 Å². The molecule has 2 fully saturated rings. The lowest BCUT2D eigenvalue weighted by Crippen LogP contribution is -2.35. The lowest BCUT2D eigenvalue weighted by molar-refractivity contribution is -0.117. The number of rotatable bonds is 7. The van der Waals surface area contributed by atoms with Crippen LogP contribution in [0.5, 0.6) is 0 Å². The van der Waals surface area contributed by atoms with Gasteiger partial charge in [0.1, 0.15) is 4.21 Å². The summed E-state index contributed by atoms with van der Waals surface area (Å²) in [5, 5.41) is 5.68. The van der Waals surface area contributed by atoms with Crippen LogP contribution in [0.25, 0.3) is 0 Å². The maximum atomic E-state index is 12.8. The molecule has 2 N–H and O–H groups in total. The molecule has 0 unspecified atom stereocenters. The zero-order chi connectivity index (χ0) is 21.1. The highest BCUT2D eigenvalue weighted by atomic mass is 32.2. The first-order chi connectivity index (χ1) is 14.4. The number of piperidine rings is 1. The van der Waals surface area contributed by atoms with E-state index < -0.39 is 10.0 Å². The highest BCUT2D eigenvalue weighted by molar-refractivity contribution is 7.91. The molecule has 30 heavy (non-hydrogen) atoms. The molecule has 1 saturated carbocycles. The Bertz CT molecular complexity index is 1040. The second-order valence-corrected chi connectivity index (χ2v) is 11.1. The number of nitrogens with one attached hydrogen (secondary N) is 2. The molecule has 2 aromatic rings. The highest BCUT2D eigenvalue weighted by Gasteiger charge is 2.29. The van der Waals surface area contributed by atoms with Gasteiger partial charge in [0.05, 0.1) is 6.42 Å². The smallest absolute Gasteiger partial charge is 0.252 e. The fraction of sp³-hybridized carbons (Fsp3) is 0.429. The number of carbonyl (C=O) groups is 2. The highest BCUT2D eigenvalue weighted by Crippen LogP contribution is 2.31. The molecule has 1 saturated heterocycles. The van der Waals surface area contributed by atoms with Crippen LogP contribution in [0, 0.1) is 5.92 Å². The number of carbonyl (C=O) groups excluding carboxylic acids is 2. The van der Waals surface area contributed by atoms with E-state index in [0.29, 0.717) is 29.3 Å². The first-order valence-corrected chi connectivity index (χ1v) is 12.5. The topological polar surface area (TPSA) is 95.6 Å². The number of amides is 2. The third-order valence-corrected chi connectivity index (χ3v) is 8.69.